The van der Waals surface area contributed by atoms with E-state index in [9.17, 15) is 59.1 Å². The number of fused-ring (bicyclic) bond motifs is 4. The average molecular weight is 1370 g/mol. The molecule has 3 aromatic heterocycles. The highest BCUT2D eigenvalue weighted by Gasteiger charge is 2.59. The highest BCUT2D eigenvalue weighted by atomic mass is 32.1. The van der Waals surface area contributed by atoms with Gasteiger partial charge < -0.3 is 69.5 Å². The van der Waals surface area contributed by atoms with Gasteiger partial charge in [-0.3, -0.25) is 34.1 Å². The minimum absolute atomic E-state index is 0.00707. The van der Waals surface area contributed by atoms with Crippen LogP contribution in [0.25, 0.3) is 21.3 Å². The van der Waals surface area contributed by atoms with Gasteiger partial charge in [-0.15, -0.1) is 0 Å². The van der Waals surface area contributed by atoms with E-state index in [2.05, 4.69) is 48.6 Å². The van der Waals surface area contributed by atoms with Crippen molar-refractivity contribution in [3.05, 3.63) is 125 Å². The number of carbonyl (C=O) groups excluding carboxylic acids is 5. The van der Waals surface area contributed by atoms with Crippen molar-refractivity contribution in [2.75, 3.05) is 62.8 Å². The van der Waals surface area contributed by atoms with Gasteiger partial charge in [-0.25, -0.2) is 28.7 Å². The molecule has 0 spiro atoms. The van der Waals surface area contributed by atoms with Gasteiger partial charge in [-0.1, -0.05) is 51.2 Å². The van der Waals surface area contributed by atoms with Crippen LogP contribution in [0.3, 0.4) is 0 Å². The van der Waals surface area contributed by atoms with Crippen LogP contribution >= 0.6 is 11.3 Å². The second-order valence-electron chi connectivity index (χ2n) is 26.9. The number of pyridine rings is 1. The third kappa shape index (κ3) is 15.8. The fraction of sp³-hybridized carbons (Fsp3) is 0.478. The number of nitrogens with one attached hydrogen (secondary N) is 3. The summed E-state index contributed by atoms with van der Waals surface area (Å²) in [5.74, 6) is -4.62. The number of anilines is 2. The van der Waals surface area contributed by atoms with Crippen LogP contribution in [0.5, 0.6) is 11.5 Å². The van der Waals surface area contributed by atoms with Crippen LogP contribution in [-0.2, 0) is 64.2 Å². The number of aliphatic hydroxyl groups excluding tert-OH is 3. The number of alkyl carbamates (subject to hydrolysis) is 1. The summed E-state index contributed by atoms with van der Waals surface area (Å²) in [6, 6.07) is 18.0. The van der Waals surface area contributed by atoms with E-state index < -0.39 is 83.8 Å². The molecule has 98 heavy (non-hydrogen) atoms. The van der Waals surface area contributed by atoms with Crippen LogP contribution in [0, 0.1) is 29.0 Å². The van der Waals surface area contributed by atoms with Crippen molar-refractivity contribution >= 4 is 74.2 Å². The Morgan fingerprint density at radius 2 is 1.60 bits per heavy atom. The number of halogens is 1. The van der Waals surface area contributed by atoms with E-state index in [4.69, 9.17) is 38.5 Å². The lowest BCUT2D eigenvalue weighted by Crippen LogP contribution is -2.61. The molecule has 0 radical (unpaired) electrons. The summed E-state index contributed by atoms with van der Waals surface area (Å²) in [5.41, 5.74) is 2.72. The van der Waals surface area contributed by atoms with Crippen molar-refractivity contribution in [3.63, 3.8) is 0 Å². The van der Waals surface area contributed by atoms with Gasteiger partial charge in [0.2, 0.25) is 12.2 Å². The summed E-state index contributed by atoms with van der Waals surface area (Å²) in [4.78, 5) is 100. The Kier molecular flexibility index (Phi) is 21.0. The number of hydrogen-bond acceptors (Lipinski definition) is 21. The van der Waals surface area contributed by atoms with Crippen LogP contribution in [0.1, 0.15) is 116 Å². The normalized spacial score (nSPS) is 24.1. The number of carboxylic acid groups (broad SMARTS) is 2. The molecule has 3 unspecified atom stereocenters. The largest absolute Gasteiger partial charge is 0.491 e. The van der Waals surface area contributed by atoms with Crippen molar-refractivity contribution in [3.8, 4) is 22.6 Å². The van der Waals surface area contributed by atoms with Gasteiger partial charge in [-0.2, -0.15) is 5.10 Å². The molecule has 8 N–H and O–H groups in total. The number of aliphatic carboxylic acids is 1. The van der Waals surface area contributed by atoms with Crippen molar-refractivity contribution in [1.82, 2.24) is 35.3 Å². The molecule has 2 bridgehead atoms. The summed E-state index contributed by atoms with van der Waals surface area (Å²) < 4.78 is 53.6. The molecule has 6 aromatic rings. The van der Waals surface area contributed by atoms with Crippen LogP contribution < -0.4 is 30.3 Å². The predicted molar refractivity (Wildman–Crippen MR) is 352 cm³/mol. The minimum atomic E-state index is -1.95. The summed E-state index contributed by atoms with van der Waals surface area (Å²) >= 11 is 1.33. The van der Waals surface area contributed by atoms with Crippen LogP contribution in [0.4, 0.5) is 20.1 Å². The van der Waals surface area contributed by atoms with E-state index in [0.717, 1.165) is 65.1 Å². The molecule has 3 fully saturated rings. The molecule has 5 aliphatic rings. The van der Waals surface area contributed by atoms with E-state index >= 15 is 4.39 Å². The zero-order chi connectivity index (χ0) is 69.8. The van der Waals surface area contributed by atoms with Crippen molar-refractivity contribution in [1.29, 1.82) is 0 Å². The number of benzene rings is 3. The van der Waals surface area contributed by atoms with Crippen LogP contribution in [0.2, 0.25) is 0 Å². The van der Waals surface area contributed by atoms with Gasteiger partial charge >= 0.3 is 18.0 Å². The molecule has 5 amide bonds. The number of hydrogen-bond donors (Lipinski definition) is 8. The monoisotopic (exact) mass is 1370 g/mol. The molecule has 522 valence electrons. The number of aromatic nitrogens is 4. The molecule has 6 heterocycles. The highest BCUT2D eigenvalue weighted by molar-refractivity contribution is 7.22. The first-order chi connectivity index (χ1) is 46.7. The lowest BCUT2D eigenvalue weighted by Gasteiger charge is -2.62. The Hall–Kier alpha value is -8.97. The number of carboxylic acids is 2. The van der Waals surface area contributed by atoms with Gasteiger partial charge in [0.05, 0.1) is 41.8 Å². The molecule has 2 saturated carbocycles. The Balaban J connectivity index is 0.715. The maximum atomic E-state index is 15.4. The van der Waals surface area contributed by atoms with Crippen LogP contribution in [-0.4, -0.2) is 181 Å². The lowest BCUT2D eigenvalue weighted by molar-refractivity contribution is -0.271. The lowest BCUT2D eigenvalue weighted by atomic mass is 9.47. The third-order valence-electron chi connectivity index (χ3n) is 18.9. The number of rotatable bonds is 27. The molecular formula is C69H80FN9O18S. The molecule has 3 aliphatic heterocycles. The molecular weight excluding hydrogens is 1290 g/mol. The number of nitrogens with zero attached hydrogens (tertiary/aromatic N) is 6. The van der Waals surface area contributed by atoms with Gasteiger partial charge in [0.15, 0.2) is 16.9 Å². The topological polar surface area (TPSA) is 362 Å². The highest BCUT2D eigenvalue weighted by Crippen LogP contribution is 2.64. The zero-order valence-electron chi connectivity index (χ0n) is 54.9. The molecule has 2 aliphatic carbocycles. The third-order valence-corrected chi connectivity index (χ3v) is 19.8. The van der Waals surface area contributed by atoms with E-state index in [-0.39, 0.29) is 111 Å². The fourth-order valence-corrected chi connectivity index (χ4v) is 16.0. The van der Waals surface area contributed by atoms with E-state index in [1.807, 2.05) is 40.8 Å². The predicted octanol–water partition coefficient (Wildman–Crippen LogP) is 6.70. The number of para-hydroxylation sites is 1. The molecule has 29 heteroatoms. The molecule has 3 aromatic carbocycles. The summed E-state index contributed by atoms with van der Waals surface area (Å²) in [6.07, 6.45) is -1.19. The van der Waals surface area contributed by atoms with Gasteiger partial charge in [-0.05, 0) is 128 Å². The Morgan fingerprint density at radius 1 is 0.827 bits per heavy atom. The zero-order valence-corrected chi connectivity index (χ0v) is 55.7. The summed E-state index contributed by atoms with van der Waals surface area (Å²) in [7, 11) is 0. The first-order valence-electron chi connectivity index (χ1n) is 32.5. The van der Waals surface area contributed by atoms with Crippen molar-refractivity contribution < 1.29 is 91.9 Å². The SMILES string of the molecule is CCC1(Cn2ncc(-c3ccc(N4CCc5c(F)ccc(C(=O)Nc6nc7ccccc7s6)c5C4)nc3C(=O)O)c2C)CC2(C)CC(C)(C)CC(OCCNC(=O)OCc3ccc(O[C@@H]4O[C@H](C(=O)O)[C@@H](O)[C@H](O)[C@H]4O)cc3OCCOCCNC(=O)CCN3C(=O)C=CC3=O)(C2)C1. The van der Waals surface area contributed by atoms with Crippen molar-refractivity contribution in [2.24, 2.45) is 16.2 Å². The average Bonchev–Trinajstić information content (AvgIpc) is 1.14. The first-order valence-corrected chi connectivity index (χ1v) is 33.3. The molecule has 1 saturated heterocycles. The molecule has 8 atom stereocenters. The number of carbonyl (C=O) groups is 7. The standard InChI is InChI=1S/C69H80FN9O18S/c1-6-68(38-79-39(2)45(30-73-79)43-14-16-51(75-55(43)61(87)88)77-23-19-42-46(31-77)44(13-15-47(42)70)60(86)76-64-74-48-9-7-8-10-50(48)98-64)35-67(5)33-66(3,4)34-69(36-67,37-68)95-26-22-72-65(91)94-32-40-11-12-41(96-63-58(85)56(83)57(84)59(97-63)62(89)90)29-49(40)93-28-27-92-25-21-71-52(80)20-24-78-53(81)17-18-54(78)82/h7-18,29-30,56-59,63,83-85H,6,19-28,31-38H2,1-5H3,(H,71,80)(H,72,91)(H,87,88)(H,89,90)(H,74,76,86)/t56-,57-,58+,59-,63+,67?,68?,69?/m0/s1. The van der Waals surface area contributed by atoms with Crippen LogP contribution in [0.15, 0.2) is 85.1 Å². The van der Waals surface area contributed by atoms with E-state index in [1.165, 1.54) is 41.7 Å². The number of imide groups is 1. The quantitative estimate of drug-likeness (QED) is 0.0196. The first kappa shape index (κ1) is 70.4. The second kappa shape index (κ2) is 29.2. The Bertz CT molecular complexity index is 4010. The Labute approximate surface area is 567 Å². The number of amides is 5. The number of ether oxygens (including phenoxy) is 6. The minimum Gasteiger partial charge on any atom is -0.491 e. The molecule has 11 rings (SSSR count). The summed E-state index contributed by atoms with van der Waals surface area (Å²) in [6.45, 7) is 11.8. The van der Waals surface area contributed by atoms with E-state index in [1.54, 1.807) is 18.3 Å². The molecule has 27 nitrogen and oxygen atoms in total. The maximum Gasteiger partial charge on any atom is 0.407 e. The van der Waals surface area contributed by atoms with Crippen molar-refractivity contribution in [2.45, 2.75) is 142 Å². The van der Waals surface area contributed by atoms with E-state index in [0.29, 0.717) is 58.3 Å². The maximum absolute atomic E-state index is 15.4. The Morgan fingerprint density at radius 3 is 2.36 bits per heavy atom. The second-order valence-corrected chi connectivity index (χ2v) is 28.0. The van der Waals surface area contributed by atoms with Gasteiger partial charge in [0, 0.05) is 91.9 Å². The number of aliphatic hydroxyl groups is 3. The van der Waals surface area contributed by atoms with Gasteiger partial charge in [0.1, 0.15) is 54.7 Å². The summed E-state index contributed by atoms with van der Waals surface area (Å²) in [5, 5.41) is 65.2. The number of aromatic carboxylic acids is 1. The fourth-order valence-electron chi connectivity index (χ4n) is 15.1. The smallest absolute Gasteiger partial charge is 0.407 e. The number of thiazole rings is 1. The van der Waals surface area contributed by atoms with Gasteiger partial charge in [0.25, 0.3) is 17.7 Å².